The minimum Gasteiger partial charge on any atom is -0.377 e. The fourth-order valence-corrected chi connectivity index (χ4v) is 2.85. The fraction of sp³-hybridized carbons (Fsp3) is 0.308. The summed E-state index contributed by atoms with van der Waals surface area (Å²) >= 11 is 0. The minimum atomic E-state index is -3.22. The van der Waals surface area contributed by atoms with Crippen LogP contribution in [-0.2, 0) is 23.4 Å². The van der Waals surface area contributed by atoms with Crippen molar-refractivity contribution in [1.82, 2.24) is 9.55 Å². The van der Waals surface area contributed by atoms with Gasteiger partial charge in [-0.2, -0.15) is 0 Å². The summed E-state index contributed by atoms with van der Waals surface area (Å²) in [4.78, 5) is 4.53. The number of aromatic nitrogens is 2. The molecule has 2 rings (SSSR count). The molecule has 0 unspecified atom stereocenters. The maximum Gasteiger partial charge on any atom is 0.180 e. The Hall–Kier alpha value is -1.82. The van der Waals surface area contributed by atoms with Crippen molar-refractivity contribution in [3.05, 3.63) is 42.5 Å². The third-order valence-electron chi connectivity index (χ3n) is 2.96. The zero-order valence-electron chi connectivity index (χ0n) is 11.0. The molecule has 0 amide bonds. The van der Waals surface area contributed by atoms with Crippen molar-refractivity contribution in [2.45, 2.75) is 18.4 Å². The molecule has 0 atom stereocenters. The molecule has 0 saturated heterocycles. The summed E-state index contributed by atoms with van der Waals surface area (Å²) in [5, 5.41) is 3.13. The van der Waals surface area contributed by atoms with Crippen LogP contribution in [0.25, 0.3) is 0 Å². The van der Waals surface area contributed by atoms with Gasteiger partial charge in [-0.25, -0.2) is 13.4 Å². The first-order valence-electron chi connectivity index (χ1n) is 6.06. The number of para-hydroxylation sites is 1. The Morgan fingerprint density at radius 3 is 2.68 bits per heavy atom. The molecule has 1 N–H and O–H groups in total. The number of anilines is 1. The molecule has 0 saturated carbocycles. The van der Waals surface area contributed by atoms with Crippen molar-refractivity contribution >= 4 is 15.5 Å². The van der Waals surface area contributed by atoms with E-state index in [0.29, 0.717) is 17.1 Å². The standard InChI is InChI=1S/C13H17N3O2S/c1-3-19(17,18)12-7-5-4-6-11(12)15-10-13-14-8-9-16(13)2/h4-9,15H,3,10H2,1-2H3. The van der Waals surface area contributed by atoms with Gasteiger partial charge < -0.3 is 9.88 Å². The molecule has 0 aliphatic carbocycles. The average molecular weight is 279 g/mol. The van der Waals surface area contributed by atoms with E-state index in [-0.39, 0.29) is 5.75 Å². The average Bonchev–Trinajstić information content (AvgIpc) is 2.82. The molecular formula is C13H17N3O2S. The van der Waals surface area contributed by atoms with Crippen LogP contribution in [0, 0.1) is 0 Å². The maximum atomic E-state index is 12.0. The monoisotopic (exact) mass is 279 g/mol. The summed E-state index contributed by atoms with van der Waals surface area (Å²) in [6, 6.07) is 6.94. The summed E-state index contributed by atoms with van der Waals surface area (Å²) in [6.45, 7) is 2.13. The van der Waals surface area contributed by atoms with Crippen molar-refractivity contribution in [3.8, 4) is 0 Å². The maximum absolute atomic E-state index is 12.0. The van der Waals surface area contributed by atoms with Crippen LogP contribution >= 0.6 is 0 Å². The highest BCUT2D eigenvalue weighted by Gasteiger charge is 2.15. The molecule has 1 aromatic heterocycles. The molecule has 0 bridgehead atoms. The first kappa shape index (κ1) is 13.6. The number of aryl methyl sites for hydroxylation is 1. The van der Waals surface area contributed by atoms with Gasteiger partial charge in [0.25, 0.3) is 0 Å². The minimum absolute atomic E-state index is 0.0914. The van der Waals surface area contributed by atoms with Crippen molar-refractivity contribution < 1.29 is 8.42 Å². The lowest BCUT2D eigenvalue weighted by molar-refractivity contribution is 0.597. The highest BCUT2D eigenvalue weighted by atomic mass is 32.2. The highest BCUT2D eigenvalue weighted by molar-refractivity contribution is 7.91. The van der Waals surface area contributed by atoms with Gasteiger partial charge in [0.2, 0.25) is 0 Å². The summed E-state index contributed by atoms with van der Waals surface area (Å²) < 4.78 is 25.9. The third-order valence-corrected chi connectivity index (χ3v) is 4.75. The normalized spacial score (nSPS) is 11.5. The van der Waals surface area contributed by atoms with E-state index >= 15 is 0 Å². The molecule has 0 spiro atoms. The third kappa shape index (κ3) is 2.96. The van der Waals surface area contributed by atoms with Crippen LogP contribution in [0.5, 0.6) is 0 Å². The van der Waals surface area contributed by atoms with Gasteiger partial charge >= 0.3 is 0 Å². The van der Waals surface area contributed by atoms with E-state index in [4.69, 9.17) is 0 Å². The Kier molecular flexibility index (Phi) is 3.90. The summed E-state index contributed by atoms with van der Waals surface area (Å²) in [7, 11) is -1.32. The molecule has 1 heterocycles. The molecule has 19 heavy (non-hydrogen) atoms. The molecule has 102 valence electrons. The lowest BCUT2D eigenvalue weighted by Crippen LogP contribution is -2.11. The number of hydrogen-bond donors (Lipinski definition) is 1. The van der Waals surface area contributed by atoms with Gasteiger partial charge in [-0.1, -0.05) is 19.1 Å². The van der Waals surface area contributed by atoms with Crippen molar-refractivity contribution in [3.63, 3.8) is 0 Å². The van der Waals surface area contributed by atoms with Gasteiger partial charge in [0.1, 0.15) is 5.82 Å². The van der Waals surface area contributed by atoms with Crippen LogP contribution in [0.2, 0.25) is 0 Å². The second-order valence-corrected chi connectivity index (χ2v) is 6.45. The van der Waals surface area contributed by atoms with Gasteiger partial charge in [-0.05, 0) is 12.1 Å². The number of sulfone groups is 1. The molecule has 6 heteroatoms. The van der Waals surface area contributed by atoms with Crippen molar-refractivity contribution in [2.24, 2.45) is 7.05 Å². The van der Waals surface area contributed by atoms with Crippen LogP contribution in [0.15, 0.2) is 41.6 Å². The fourth-order valence-electron chi connectivity index (χ4n) is 1.78. The predicted octanol–water partition coefficient (Wildman–Crippen LogP) is 1.83. The van der Waals surface area contributed by atoms with Crippen LogP contribution in [-0.4, -0.2) is 23.7 Å². The van der Waals surface area contributed by atoms with E-state index in [9.17, 15) is 8.42 Å². The van der Waals surface area contributed by atoms with Crippen molar-refractivity contribution in [1.29, 1.82) is 0 Å². The number of nitrogens with zero attached hydrogens (tertiary/aromatic N) is 2. The molecule has 0 radical (unpaired) electrons. The smallest absolute Gasteiger partial charge is 0.180 e. The van der Waals surface area contributed by atoms with Crippen LogP contribution in [0.3, 0.4) is 0 Å². The zero-order chi connectivity index (χ0) is 13.9. The number of imidazole rings is 1. The van der Waals surface area contributed by atoms with E-state index in [1.165, 1.54) is 0 Å². The van der Waals surface area contributed by atoms with Gasteiger partial charge in [0.15, 0.2) is 9.84 Å². The summed E-state index contributed by atoms with van der Waals surface area (Å²) in [5.41, 5.74) is 0.618. The lowest BCUT2D eigenvalue weighted by atomic mass is 10.3. The largest absolute Gasteiger partial charge is 0.377 e. The van der Waals surface area contributed by atoms with E-state index in [2.05, 4.69) is 10.3 Å². The van der Waals surface area contributed by atoms with E-state index in [1.54, 1.807) is 31.3 Å². The van der Waals surface area contributed by atoms with Crippen molar-refractivity contribution in [2.75, 3.05) is 11.1 Å². The molecule has 0 fully saturated rings. The Balaban J connectivity index is 2.24. The Morgan fingerprint density at radius 1 is 1.32 bits per heavy atom. The van der Waals surface area contributed by atoms with Gasteiger partial charge in [0.05, 0.1) is 22.9 Å². The molecule has 5 nitrogen and oxygen atoms in total. The predicted molar refractivity (Wildman–Crippen MR) is 74.7 cm³/mol. The Labute approximate surface area is 113 Å². The second-order valence-electron chi connectivity index (χ2n) is 4.21. The molecule has 1 aromatic carbocycles. The van der Waals surface area contributed by atoms with E-state index in [1.807, 2.05) is 23.9 Å². The molecule has 0 aliphatic rings. The van der Waals surface area contributed by atoms with Crippen LogP contribution in [0.1, 0.15) is 12.7 Å². The van der Waals surface area contributed by atoms with Crippen LogP contribution in [0.4, 0.5) is 5.69 Å². The van der Waals surface area contributed by atoms with Gasteiger partial charge in [-0.15, -0.1) is 0 Å². The topological polar surface area (TPSA) is 64.0 Å². The van der Waals surface area contributed by atoms with Crippen LogP contribution < -0.4 is 5.32 Å². The lowest BCUT2D eigenvalue weighted by Gasteiger charge is -2.11. The Morgan fingerprint density at radius 2 is 2.05 bits per heavy atom. The molecule has 0 aliphatic heterocycles. The Bertz CT molecular complexity index is 662. The van der Waals surface area contributed by atoms with Gasteiger partial charge in [-0.3, -0.25) is 0 Å². The SMILES string of the molecule is CCS(=O)(=O)c1ccccc1NCc1nccn1C. The first-order chi connectivity index (χ1) is 9.04. The quantitative estimate of drug-likeness (QED) is 0.907. The second kappa shape index (κ2) is 5.44. The zero-order valence-corrected chi connectivity index (χ0v) is 11.8. The molecular weight excluding hydrogens is 262 g/mol. The van der Waals surface area contributed by atoms with Gasteiger partial charge in [0, 0.05) is 19.4 Å². The first-order valence-corrected chi connectivity index (χ1v) is 7.71. The molecule has 2 aromatic rings. The number of benzene rings is 1. The summed E-state index contributed by atoms with van der Waals surface area (Å²) in [6.07, 6.45) is 3.57. The van der Waals surface area contributed by atoms with E-state index < -0.39 is 9.84 Å². The number of hydrogen-bond acceptors (Lipinski definition) is 4. The highest BCUT2D eigenvalue weighted by Crippen LogP contribution is 2.22. The number of nitrogens with one attached hydrogen (secondary N) is 1. The number of rotatable bonds is 5. The summed E-state index contributed by atoms with van der Waals surface area (Å²) in [5.74, 6) is 0.942. The van der Waals surface area contributed by atoms with E-state index in [0.717, 1.165) is 5.82 Å².